The molecule has 1 saturated heterocycles. The molecule has 1 aliphatic rings. The van der Waals surface area contributed by atoms with Crippen molar-refractivity contribution in [3.63, 3.8) is 0 Å². The number of nitrogens with zero attached hydrogens (tertiary/aromatic N) is 1. The van der Waals surface area contributed by atoms with Crippen LogP contribution in [0.5, 0.6) is 0 Å². The fraction of sp³-hybridized carbons (Fsp3) is 0.350. The smallest absolute Gasteiger partial charge is 0.417 e. The van der Waals surface area contributed by atoms with E-state index in [1.165, 1.54) is 6.07 Å². The van der Waals surface area contributed by atoms with Crippen LogP contribution in [0.3, 0.4) is 0 Å². The molecule has 2 atom stereocenters. The van der Waals surface area contributed by atoms with E-state index in [9.17, 15) is 23.1 Å². The van der Waals surface area contributed by atoms with Gasteiger partial charge in [0.05, 0.1) is 22.5 Å². The zero-order valence-corrected chi connectivity index (χ0v) is 16.2. The highest BCUT2D eigenvalue weighted by Crippen LogP contribution is 2.39. The third-order valence-electron chi connectivity index (χ3n) is 4.96. The van der Waals surface area contributed by atoms with Crippen LogP contribution in [0.2, 0.25) is 10.0 Å². The summed E-state index contributed by atoms with van der Waals surface area (Å²) in [4.78, 5) is 13.4. The summed E-state index contributed by atoms with van der Waals surface area (Å²) in [6, 6.07) is 10.1. The molecule has 0 aromatic heterocycles. The number of halogens is 5. The molecule has 0 aliphatic carbocycles. The van der Waals surface area contributed by atoms with E-state index in [-0.39, 0.29) is 11.6 Å². The number of piperidine rings is 1. The maximum absolute atomic E-state index is 13.4. The van der Waals surface area contributed by atoms with Crippen LogP contribution < -0.4 is 0 Å². The second-order valence-electron chi connectivity index (χ2n) is 6.86. The Kier molecular flexibility index (Phi) is 6.22. The molecule has 0 saturated carbocycles. The number of carboxylic acids is 1. The van der Waals surface area contributed by atoms with Crippen molar-refractivity contribution < 1.29 is 23.1 Å². The first kappa shape index (κ1) is 21.0. The highest BCUT2D eigenvalue weighted by atomic mass is 35.5. The zero-order chi connectivity index (χ0) is 20.5. The Balaban J connectivity index is 2.07. The molecule has 3 nitrogen and oxygen atoms in total. The lowest BCUT2D eigenvalue weighted by atomic mass is 9.91. The second-order valence-corrected chi connectivity index (χ2v) is 7.71. The number of carbonyl (C=O) groups is 1. The van der Waals surface area contributed by atoms with E-state index in [4.69, 9.17) is 23.2 Å². The number of carboxylic acid groups (broad SMARTS) is 1. The van der Waals surface area contributed by atoms with Gasteiger partial charge in [-0.2, -0.15) is 13.2 Å². The highest BCUT2D eigenvalue weighted by molar-refractivity contribution is 6.31. The average molecular weight is 432 g/mol. The normalized spacial score (nSPS) is 19.4. The van der Waals surface area contributed by atoms with Crippen molar-refractivity contribution in [2.24, 2.45) is 5.92 Å². The lowest BCUT2D eigenvalue weighted by molar-refractivity contribution is -0.143. The predicted molar refractivity (Wildman–Crippen MR) is 102 cm³/mol. The molecule has 0 bridgehead atoms. The Labute approximate surface area is 170 Å². The summed E-state index contributed by atoms with van der Waals surface area (Å²) in [7, 11) is 0. The number of benzene rings is 2. The Bertz CT molecular complexity index is 856. The van der Waals surface area contributed by atoms with Crippen LogP contribution in [0.1, 0.15) is 35.6 Å². The molecule has 1 N–H and O–H groups in total. The summed E-state index contributed by atoms with van der Waals surface area (Å²) in [6.07, 6.45) is -3.38. The van der Waals surface area contributed by atoms with E-state index in [2.05, 4.69) is 0 Å². The molecular weight excluding hydrogens is 414 g/mol. The standard InChI is InChI=1S/C20H18Cl2F3NO2/c21-15-6-3-12(4-7-15)18(26-9-1-2-14(11-26)19(27)28)13-5-8-17(22)16(10-13)20(23,24)25/h3-8,10,14,18H,1-2,9,11H2,(H,27,28). The van der Waals surface area contributed by atoms with Crippen LogP contribution >= 0.6 is 23.2 Å². The van der Waals surface area contributed by atoms with Gasteiger partial charge < -0.3 is 5.11 Å². The minimum absolute atomic E-state index is 0.257. The zero-order valence-electron chi connectivity index (χ0n) is 14.7. The van der Waals surface area contributed by atoms with Gasteiger partial charge in [-0.25, -0.2) is 0 Å². The molecule has 1 aliphatic heterocycles. The van der Waals surface area contributed by atoms with Crippen molar-refractivity contribution in [2.45, 2.75) is 25.1 Å². The van der Waals surface area contributed by atoms with E-state index >= 15 is 0 Å². The van der Waals surface area contributed by atoms with E-state index in [1.54, 1.807) is 30.3 Å². The topological polar surface area (TPSA) is 40.5 Å². The minimum atomic E-state index is -4.58. The summed E-state index contributed by atoms with van der Waals surface area (Å²) < 4.78 is 40.1. The van der Waals surface area contributed by atoms with Gasteiger partial charge in [-0.1, -0.05) is 41.4 Å². The molecule has 150 valence electrons. The molecule has 1 heterocycles. The highest BCUT2D eigenvalue weighted by Gasteiger charge is 2.36. The van der Waals surface area contributed by atoms with Crippen LogP contribution in [0.4, 0.5) is 13.2 Å². The Morgan fingerprint density at radius 2 is 1.75 bits per heavy atom. The maximum Gasteiger partial charge on any atom is 0.417 e. The summed E-state index contributed by atoms with van der Waals surface area (Å²) in [5.41, 5.74) is 0.244. The average Bonchev–Trinajstić information content (AvgIpc) is 2.64. The molecule has 0 radical (unpaired) electrons. The third-order valence-corrected chi connectivity index (χ3v) is 5.55. The van der Waals surface area contributed by atoms with Crippen molar-refractivity contribution in [2.75, 3.05) is 13.1 Å². The molecule has 2 aromatic carbocycles. The first-order valence-corrected chi connectivity index (χ1v) is 9.51. The van der Waals surface area contributed by atoms with Gasteiger partial charge >= 0.3 is 12.1 Å². The molecule has 28 heavy (non-hydrogen) atoms. The molecule has 8 heteroatoms. The number of aliphatic carboxylic acids is 1. The number of rotatable bonds is 4. The number of alkyl halides is 3. The lowest BCUT2D eigenvalue weighted by Gasteiger charge is -2.38. The van der Waals surface area contributed by atoms with Gasteiger partial charge in [0, 0.05) is 11.6 Å². The third kappa shape index (κ3) is 4.62. The summed E-state index contributed by atoms with van der Waals surface area (Å²) >= 11 is 11.7. The van der Waals surface area contributed by atoms with Crippen LogP contribution in [0.25, 0.3) is 0 Å². The first-order valence-electron chi connectivity index (χ1n) is 8.76. The van der Waals surface area contributed by atoms with Crippen LogP contribution in [-0.2, 0) is 11.0 Å². The van der Waals surface area contributed by atoms with Crippen LogP contribution in [-0.4, -0.2) is 29.1 Å². The summed E-state index contributed by atoms with van der Waals surface area (Å²) in [5, 5.41) is 9.54. The van der Waals surface area contributed by atoms with Gasteiger partial charge in [0.15, 0.2) is 0 Å². The van der Waals surface area contributed by atoms with Gasteiger partial charge in [-0.15, -0.1) is 0 Å². The van der Waals surface area contributed by atoms with E-state index in [0.29, 0.717) is 30.0 Å². The van der Waals surface area contributed by atoms with Gasteiger partial charge in [0.25, 0.3) is 0 Å². The van der Waals surface area contributed by atoms with E-state index in [1.807, 2.05) is 4.90 Å². The quantitative estimate of drug-likeness (QED) is 0.654. The number of hydrogen-bond acceptors (Lipinski definition) is 2. The molecule has 0 spiro atoms. The SMILES string of the molecule is O=C(O)C1CCCN(C(c2ccc(Cl)cc2)c2ccc(Cl)c(C(F)(F)F)c2)C1. The molecule has 2 unspecified atom stereocenters. The first-order chi connectivity index (χ1) is 13.2. The predicted octanol–water partition coefficient (Wildman–Crippen LogP) is 5.90. The van der Waals surface area contributed by atoms with Crippen molar-refractivity contribution in [3.8, 4) is 0 Å². The van der Waals surface area contributed by atoms with Gasteiger partial charge in [-0.3, -0.25) is 9.69 Å². The van der Waals surface area contributed by atoms with Gasteiger partial charge in [0.1, 0.15) is 0 Å². The summed E-state index contributed by atoms with van der Waals surface area (Å²) in [6.45, 7) is 0.841. The second kappa shape index (κ2) is 8.31. The van der Waals surface area contributed by atoms with Crippen LogP contribution in [0, 0.1) is 5.92 Å². The summed E-state index contributed by atoms with van der Waals surface area (Å²) in [5.74, 6) is -1.45. The minimum Gasteiger partial charge on any atom is -0.481 e. The van der Waals surface area contributed by atoms with Crippen LogP contribution in [0.15, 0.2) is 42.5 Å². The van der Waals surface area contributed by atoms with Crippen molar-refractivity contribution in [1.29, 1.82) is 0 Å². The maximum atomic E-state index is 13.4. The fourth-order valence-electron chi connectivity index (χ4n) is 3.63. The van der Waals surface area contributed by atoms with Crippen molar-refractivity contribution in [3.05, 3.63) is 69.2 Å². The number of likely N-dealkylation sites (tertiary alicyclic amines) is 1. The van der Waals surface area contributed by atoms with Crippen molar-refractivity contribution in [1.82, 2.24) is 4.90 Å². The Morgan fingerprint density at radius 3 is 2.36 bits per heavy atom. The molecule has 3 rings (SSSR count). The molecule has 2 aromatic rings. The molecule has 1 fully saturated rings. The van der Waals surface area contributed by atoms with E-state index in [0.717, 1.165) is 11.6 Å². The van der Waals surface area contributed by atoms with E-state index < -0.39 is 29.7 Å². The lowest BCUT2D eigenvalue weighted by Crippen LogP contribution is -2.41. The Morgan fingerprint density at radius 1 is 1.11 bits per heavy atom. The van der Waals surface area contributed by atoms with Gasteiger partial charge in [0.2, 0.25) is 0 Å². The van der Waals surface area contributed by atoms with Crippen molar-refractivity contribution >= 4 is 29.2 Å². The fourth-order valence-corrected chi connectivity index (χ4v) is 3.98. The molecule has 0 amide bonds. The monoisotopic (exact) mass is 431 g/mol. The largest absolute Gasteiger partial charge is 0.481 e. The number of hydrogen-bond donors (Lipinski definition) is 1. The molecular formula is C20H18Cl2F3NO2. The Hall–Kier alpha value is -1.76. The van der Waals surface area contributed by atoms with Gasteiger partial charge in [-0.05, 0) is 54.8 Å².